The minimum atomic E-state index is -0.612. The summed E-state index contributed by atoms with van der Waals surface area (Å²) in [5.74, 6) is -1.11. The molecule has 3 fully saturated rings. The van der Waals surface area contributed by atoms with Gasteiger partial charge >= 0.3 is 0 Å². The van der Waals surface area contributed by atoms with E-state index in [4.69, 9.17) is 0 Å². The van der Waals surface area contributed by atoms with Gasteiger partial charge in [-0.1, -0.05) is 55.5 Å². The minimum absolute atomic E-state index is 0.0178. The Morgan fingerprint density at radius 2 is 1.47 bits per heavy atom. The monoisotopic (exact) mass is 976 g/mol. The molecule has 3 saturated heterocycles. The molecule has 18 heteroatoms. The number of H-pyrrole nitrogens is 1. The van der Waals surface area contributed by atoms with Gasteiger partial charge in [0.2, 0.25) is 11.8 Å². The summed E-state index contributed by atoms with van der Waals surface area (Å²) in [6.07, 6.45) is 6.08. The number of piperazine rings is 2. The number of aromatic nitrogens is 5. The van der Waals surface area contributed by atoms with Crippen molar-refractivity contribution in [1.29, 1.82) is 0 Å². The number of piperidine rings is 1. The van der Waals surface area contributed by atoms with E-state index in [1.165, 1.54) is 18.0 Å². The second-order valence-electron chi connectivity index (χ2n) is 19.0. The van der Waals surface area contributed by atoms with Crippen LogP contribution in [0.5, 0.6) is 0 Å². The first-order chi connectivity index (χ1) is 35.0. The highest BCUT2D eigenvalue weighted by molar-refractivity contribution is 6.03. The third kappa shape index (κ3) is 12.1. The molecule has 9 rings (SSSR count). The number of nitrogens with one attached hydrogen (secondary N) is 3. The van der Waals surface area contributed by atoms with Crippen LogP contribution in [0, 0.1) is 18.7 Å². The van der Waals surface area contributed by atoms with Gasteiger partial charge < -0.3 is 30.2 Å². The number of likely N-dealkylation sites (tertiary alicyclic amines) is 1. The van der Waals surface area contributed by atoms with Crippen molar-refractivity contribution in [2.75, 3.05) is 90.4 Å². The van der Waals surface area contributed by atoms with Crippen LogP contribution >= 0.6 is 0 Å². The summed E-state index contributed by atoms with van der Waals surface area (Å²) in [6.45, 7) is 11.3. The van der Waals surface area contributed by atoms with Gasteiger partial charge in [0.15, 0.2) is 5.69 Å². The normalized spacial score (nSPS) is 16.0. The van der Waals surface area contributed by atoms with E-state index >= 15 is 4.39 Å². The van der Waals surface area contributed by atoms with E-state index in [0.717, 1.165) is 74.5 Å². The first-order valence-corrected chi connectivity index (χ1v) is 24.9. The van der Waals surface area contributed by atoms with Crippen LogP contribution in [0.4, 0.5) is 10.1 Å². The van der Waals surface area contributed by atoms with Crippen LogP contribution in [0.2, 0.25) is 0 Å². The second kappa shape index (κ2) is 22.9. The predicted molar refractivity (Wildman–Crippen MR) is 272 cm³/mol. The molecular formula is C54H61FN12O5. The van der Waals surface area contributed by atoms with Crippen molar-refractivity contribution in [2.24, 2.45) is 5.92 Å². The molecule has 0 bridgehead atoms. The Bertz CT molecular complexity index is 3000. The number of hydrogen-bond donors (Lipinski definition) is 3. The van der Waals surface area contributed by atoms with Gasteiger partial charge in [0.1, 0.15) is 12.1 Å². The van der Waals surface area contributed by atoms with E-state index in [9.17, 15) is 24.0 Å². The van der Waals surface area contributed by atoms with E-state index in [2.05, 4.69) is 64.6 Å². The zero-order valence-corrected chi connectivity index (χ0v) is 40.9. The minimum Gasteiger partial charge on any atom is -0.338 e. The number of benzene rings is 3. The van der Waals surface area contributed by atoms with E-state index in [1.54, 1.807) is 40.3 Å². The van der Waals surface area contributed by atoms with Crippen molar-refractivity contribution in [3.8, 4) is 11.1 Å². The van der Waals surface area contributed by atoms with Crippen LogP contribution in [0.25, 0.3) is 21.9 Å². The molecule has 0 spiro atoms. The van der Waals surface area contributed by atoms with E-state index in [0.29, 0.717) is 92.4 Å². The predicted octanol–water partition coefficient (Wildman–Crippen LogP) is 4.56. The topological polar surface area (TPSA) is 193 Å². The van der Waals surface area contributed by atoms with E-state index in [-0.39, 0.29) is 41.1 Å². The Kier molecular flexibility index (Phi) is 15.8. The van der Waals surface area contributed by atoms with Crippen LogP contribution in [-0.2, 0) is 29.0 Å². The number of nitrogens with zero attached hydrogens (tertiary/aromatic N) is 9. The maximum absolute atomic E-state index is 15.1. The number of carbonyl (C=O) groups excluding carboxylic acids is 4. The smallest absolute Gasteiger partial charge is 0.274 e. The lowest BCUT2D eigenvalue weighted by molar-refractivity contribution is -0.134. The molecule has 0 radical (unpaired) electrons. The standard InChI is InChI=1S/C54H61FN12O5/c1-3-37-7-6-8-40(26-37)41-29-48(60-49(68)32-56-31-42-25-36(2)58-35-59-42)51(57-30-41)54(72)66-15-13-38(14-16-66)33-63-17-19-64(20-18-63)34-50(69)65-21-23-67(24-22-65)53(71)45-27-39(11-12-46(45)55)28-47-43-9-4-5-10-44(43)52(70)62-61-47/h4-12,25-27,29-30,35,38,56H,3,13-24,28,31-34H2,1-2H3,(H,60,68)(H,62,70). The fourth-order valence-corrected chi connectivity index (χ4v) is 9.89. The fraction of sp³-hybridized carbons (Fsp3) is 0.389. The molecule has 6 aromatic rings. The number of rotatable bonds is 15. The lowest BCUT2D eigenvalue weighted by atomic mass is 9.95. The van der Waals surface area contributed by atoms with Crippen molar-refractivity contribution < 1.29 is 23.6 Å². The number of aromatic amines is 1. The van der Waals surface area contributed by atoms with Crippen LogP contribution in [-0.4, -0.2) is 158 Å². The molecular weight excluding hydrogens is 916 g/mol. The highest BCUT2D eigenvalue weighted by Gasteiger charge is 2.31. The number of carbonyl (C=O) groups is 4. The molecule has 6 heterocycles. The van der Waals surface area contributed by atoms with Gasteiger partial charge in [-0.3, -0.25) is 28.9 Å². The summed E-state index contributed by atoms with van der Waals surface area (Å²) in [6, 6.07) is 23.5. The number of halogens is 1. The molecule has 3 aromatic heterocycles. The maximum atomic E-state index is 15.1. The highest BCUT2D eigenvalue weighted by atomic mass is 19.1. The molecule has 3 N–H and O–H groups in total. The van der Waals surface area contributed by atoms with Gasteiger partial charge in [0.25, 0.3) is 17.4 Å². The molecule has 3 aliphatic heterocycles. The quantitative estimate of drug-likeness (QED) is 0.130. The summed E-state index contributed by atoms with van der Waals surface area (Å²) in [5.41, 5.74) is 6.15. The zero-order valence-electron chi connectivity index (χ0n) is 40.9. The third-order valence-electron chi connectivity index (χ3n) is 14.1. The van der Waals surface area contributed by atoms with Crippen molar-refractivity contribution in [1.82, 2.24) is 55.0 Å². The highest BCUT2D eigenvalue weighted by Crippen LogP contribution is 2.28. The first-order valence-electron chi connectivity index (χ1n) is 24.9. The fourth-order valence-electron chi connectivity index (χ4n) is 9.89. The van der Waals surface area contributed by atoms with Gasteiger partial charge in [0.05, 0.1) is 41.1 Å². The number of fused-ring (bicyclic) bond motifs is 1. The number of aryl methyl sites for hydroxylation is 2. The van der Waals surface area contributed by atoms with Crippen molar-refractivity contribution >= 4 is 40.1 Å². The van der Waals surface area contributed by atoms with Gasteiger partial charge in [-0.15, -0.1) is 0 Å². The Labute approximate surface area is 417 Å². The Morgan fingerprint density at radius 1 is 0.736 bits per heavy atom. The third-order valence-corrected chi connectivity index (χ3v) is 14.1. The Morgan fingerprint density at radius 3 is 2.24 bits per heavy atom. The summed E-state index contributed by atoms with van der Waals surface area (Å²) >= 11 is 0. The number of pyridine rings is 1. The van der Waals surface area contributed by atoms with E-state index in [1.807, 2.05) is 48.2 Å². The van der Waals surface area contributed by atoms with Crippen LogP contribution in [0.3, 0.4) is 0 Å². The number of hydrogen-bond acceptors (Lipinski definition) is 12. The molecule has 4 amide bonds. The maximum Gasteiger partial charge on any atom is 0.274 e. The molecule has 3 aliphatic rings. The summed E-state index contributed by atoms with van der Waals surface area (Å²) in [7, 11) is 0. The van der Waals surface area contributed by atoms with E-state index < -0.39 is 11.7 Å². The second-order valence-corrected chi connectivity index (χ2v) is 19.0. The zero-order chi connectivity index (χ0) is 50.1. The molecule has 3 aromatic carbocycles. The largest absolute Gasteiger partial charge is 0.338 e. The van der Waals surface area contributed by atoms with Gasteiger partial charge in [-0.25, -0.2) is 24.4 Å². The van der Waals surface area contributed by atoms with Gasteiger partial charge in [-0.05, 0) is 79.1 Å². The average Bonchev–Trinajstić information content (AvgIpc) is 3.40. The summed E-state index contributed by atoms with van der Waals surface area (Å²) < 4.78 is 15.1. The Hall–Kier alpha value is -7.28. The summed E-state index contributed by atoms with van der Waals surface area (Å²) in [4.78, 5) is 89.7. The average molecular weight is 977 g/mol. The van der Waals surface area contributed by atoms with Crippen LogP contribution < -0.4 is 16.2 Å². The number of anilines is 1. The van der Waals surface area contributed by atoms with Crippen LogP contribution in [0.1, 0.15) is 68.8 Å². The number of amides is 4. The lowest BCUT2D eigenvalue weighted by Gasteiger charge is -2.40. The molecule has 72 heavy (non-hydrogen) atoms. The first kappa shape index (κ1) is 49.7. The van der Waals surface area contributed by atoms with Crippen molar-refractivity contribution in [3.63, 3.8) is 0 Å². The summed E-state index contributed by atoms with van der Waals surface area (Å²) in [5, 5.41) is 14.1. The van der Waals surface area contributed by atoms with Gasteiger partial charge in [0, 0.05) is 108 Å². The molecule has 0 unspecified atom stereocenters. The molecule has 0 saturated carbocycles. The lowest BCUT2D eigenvalue weighted by Crippen LogP contribution is -2.55. The SMILES string of the molecule is CCc1cccc(-c2cnc(C(=O)N3CCC(CN4CCN(CC(=O)N5CCN(C(=O)c6cc(Cc7n[nH]c(=O)c8ccccc78)ccc6F)CC5)CC4)CC3)c(NC(=O)CNCc3cc(C)ncn3)c2)c1. The van der Waals surface area contributed by atoms with Gasteiger partial charge in [-0.2, -0.15) is 5.10 Å². The molecule has 374 valence electrons. The Balaban J connectivity index is 0.722. The molecule has 17 nitrogen and oxygen atoms in total. The molecule has 0 atom stereocenters. The van der Waals surface area contributed by atoms with Crippen molar-refractivity contribution in [3.05, 3.63) is 147 Å². The van der Waals surface area contributed by atoms with Crippen LogP contribution in [0.15, 0.2) is 96.2 Å². The van der Waals surface area contributed by atoms with Crippen molar-refractivity contribution in [2.45, 2.75) is 46.1 Å². The molecule has 0 aliphatic carbocycles.